The number of rotatable bonds is 3. The fourth-order valence-electron chi connectivity index (χ4n) is 1.12. The van der Waals surface area contributed by atoms with Gasteiger partial charge in [-0.15, -0.1) is 0 Å². The molecular formula is C9H12N2O2. The zero-order valence-corrected chi connectivity index (χ0v) is 7.16. The van der Waals surface area contributed by atoms with Crippen LogP contribution in [0.2, 0.25) is 0 Å². The SMILES string of the molecule is NCc1cc(CN)cc(C(=O)O)c1. The fraction of sp³-hybridized carbons (Fsp3) is 0.222. The lowest BCUT2D eigenvalue weighted by Gasteiger charge is -2.03. The van der Waals surface area contributed by atoms with Crippen molar-refractivity contribution in [2.45, 2.75) is 13.1 Å². The number of hydrogen-bond donors (Lipinski definition) is 3. The fourth-order valence-corrected chi connectivity index (χ4v) is 1.12. The summed E-state index contributed by atoms with van der Waals surface area (Å²) in [6.07, 6.45) is 0. The highest BCUT2D eigenvalue weighted by Crippen LogP contribution is 2.09. The first-order valence-electron chi connectivity index (χ1n) is 3.93. The molecule has 70 valence electrons. The van der Waals surface area contributed by atoms with E-state index in [-0.39, 0.29) is 5.56 Å². The summed E-state index contributed by atoms with van der Waals surface area (Å²) < 4.78 is 0. The van der Waals surface area contributed by atoms with Gasteiger partial charge in [-0.1, -0.05) is 6.07 Å². The third-order valence-electron chi connectivity index (χ3n) is 1.77. The Balaban J connectivity index is 3.14. The smallest absolute Gasteiger partial charge is 0.335 e. The van der Waals surface area contributed by atoms with Crippen LogP contribution in [0.15, 0.2) is 18.2 Å². The van der Waals surface area contributed by atoms with Crippen molar-refractivity contribution in [2.75, 3.05) is 0 Å². The van der Waals surface area contributed by atoms with Gasteiger partial charge in [-0.25, -0.2) is 4.79 Å². The topological polar surface area (TPSA) is 89.3 Å². The van der Waals surface area contributed by atoms with E-state index in [4.69, 9.17) is 16.6 Å². The van der Waals surface area contributed by atoms with Gasteiger partial charge < -0.3 is 16.6 Å². The normalized spacial score (nSPS) is 10.0. The minimum atomic E-state index is -0.954. The molecule has 1 aromatic rings. The molecule has 0 bridgehead atoms. The summed E-state index contributed by atoms with van der Waals surface area (Å²) in [7, 11) is 0. The summed E-state index contributed by atoms with van der Waals surface area (Å²) in [5.41, 5.74) is 12.6. The Morgan fingerprint density at radius 3 is 1.92 bits per heavy atom. The van der Waals surface area contributed by atoms with E-state index in [2.05, 4.69) is 0 Å². The molecule has 0 aliphatic heterocycles. The van der Waals surface area contributed by atoms with Gasteiger partial charge in [0.1, 0.15) is 0 Å². The lowest BCUT2D eigenvalue weighted by Crippen LogP contribution is -2.05. The van der Waals surface area contributed by atoms with Gasteiger partial charge >= 0.3 is 5.97 Å². The number of nitrogens with two attached hydrogens (primary N) is 2. The molecule has 0 aliphatic rings. The maximum atomic E-state index is 10.7. The highest BCUT2D eigenvalue weighted by Gasteiger charge is 2.05. The molecule has 0 heterocycles. The molecule has 0 spiro atoms. The maximum absolute atomic E-state index is 10.7. The van der Waals surface area contributed by atoms with Crippen molar-refractivity contribution in [1.29, 1.82) is 0 Å². The Morgan fingerprint density at radius 2 is 1.62 bits per heavy atom. The van der Waals surface area contributed by atoms with E-state index in [1.165, 1.54) is 0 Å². The molecule has 0 aromatic heterocycles. The van der Waals surface area contributed by atoms with Crippen LogP contribution in [0.25, 0.3) is 0 Å². The van der Waals surface area contributed by atoms with E-state index < -0.39 is 5.97 Å². The zero-order chi connectivity index (χ0) is 9.84. The van der Waals surface area contributed by atoms with E-state index in [9.17, 15) is 4.79 Å². The van der Waals surface area contributed by atoms with Crippen LogP contribution in [0.4, 0.5) is 0 Å². The summed E-state index contributed by atoms with van der Waals surface area (Å²) in [5.74, 6) is -0.954. The van der Waals surface area contributed by atoms with Crippen LogP contribution in [0.3, 0.4) is 0 Å². The molecule has 0 atom stereocenters. The molecule has 4 heteroatoms. The molecule has 0 saturated heterocycles. The van der Waals surface area contributed by atoms with Crippen LogP contribution in [-0.4, -0.2) is 11.1 Å². The van der Waals surface area contributed by atoms with Gasteiger partial charge in [-0.2, -0.15) is 0 Å². The summed E-state index contributed by atoms with van der Waals surface area (Å²) in [6.45, 7) is 0.655. The van der Waals surface area contributed by atoms with Crippen LogP contribution >= 0.6 is 0 Å². The standard InChI is InChI=1S/C9H12N2O2/c10-4-6-1-7(5-11)3-8(2-6)9(12)13/h1-3H,4-5,10-11H2,(H,12,13). The molecule has 0 unspecified atom stereocenters. The van der Waals surface area contributed by atoms with E-state index in [1.807, 2.05) is 6.07 Å². The van der Waals surface area contributed by atoms with Crippen molar-refractivity contribution >= 4 is 5.97 Å². The number of benzene rings is 1. The number of aromatic carboxylic acids is 1. The first-order valence-corrected chi connectivity index (χ1v) is 3.93. The van der Waals surface area contributed by atoms with Crippen LogP contribution in [0.5, 0.6) is 0 Å². The Morgan fingerprint density at radius 1 is 1.15 bits per heavy atom. The summed E-state index contributed by atoms with van der Waals surface area (Å²) >= 11 is 0. The second-order valence-electron chi connectivity index (χ2n) is 2.75. The van der Waals surface area contributed by atoms with Gasteiger partial charge in [0.15, 0.2) is 0 Å². The van der Waals surface area contributed by atoms with Crippen molar-refractivity contribution in [1.82, 2.24) is 0 Å². The van der Waals surface area contributed by atoms with Crippen LogP contribution in [0, 0.1) is 0 Å². The summed E-state index contributed by atoms with van der Waals surface area (Å²) in [6, 6.07) is 4.93. The molecule has 0 fully saturated rings. The quantitative estimate of drug-likeness (QED) is 0.624. The second kappa shape index (κ2) is 4.02. The molecule has 4 nitrogen and oxygen atoms in total. The van der Waals surface area contributed by atoms with E-state index >= 15 is 0 Å². The van der Waals surface area contributed by atoms with Crippen LogP contribution in [-0.2, 0) is 13.1 Å². The molecule has 5 N–H and O–H groups in total. The highest BCUT2D eigenvalue weighted by atomic mass is 16.4. The largest absolute Gasteiger partial charge is 0.478 e. The van der Waals surface area contributed by atoms with E-state index in [0.717, 1.165) is 11.1 Å². The second-order valence-corrected chi connectivity index (χ2v) is 2.75. The van der Waals surface area contributed by atoms with Crippen molar-refractivity contribution < 1.29 is 9.90 Å². The van der Waals surface area contributed by atoms with Crippen LogP contribution in [0.1, 0.15) is 21.5 Å². The average Bonchev–Trinajstić information content (AvgIpc) is 2.16. The number of carboxylic acid groups (broad SMARTS) is 1. The Labute approximate surface area is 76.2 Å². The van der Waals surface area contributed by atoms with Gasteiger partial charge in [-0.05, 0) is 23.3 Å². The maximum Gasteiger partial charge on any atom is 0.335 e. The lowest BCUT2D eigenvalue weighted by atomic mass is 10.1. The Hall–Kier alpha value is -1.39. The molecule has 1 rings (SSSR count). The first kappa shape index (κ1) is 9.70. The zero-order valence-electron chi connectivity index (χ0n) is 7.16. The van der Waals surface area contributed by atoms with Gasteiger partial charge in [0.05, 0.1) is 5.56 Å². The monoisotopic (exact) mass is 180 g/mol. The first-order chi connectivity index (χ1) is 6.17. The van der Waals surface area contributed by atoms with Gasteiger partial charge in [0, 0.05) is 13.1 Å². The number of carboxylic acids is 1. The van der Waals surface area contributed by atoms with E-state index in [0.29, 0.717) is 13.1 Å². The minimum Gasteiger partial charge on any atom is -0.478 e. The van der Waals surface area contributed by atoms with Crippen molar-refractivity contribution in [3.8, 4) is 0 Å². The predicted octanol–water partition coefficient (Wildman–Crippen LogP) is 0.302. The summed E-state index contributed by atoms with van der Waals surface area (Å²) in [4.78, 5) is 10.7. The Bertz CT molecular complexity index is 301. The molecule has 13 heavy (non-hydrogen) atoms. The van der Waals surface area contributed by atoms with Gasteiger partial charge in [-0.3, -0.25) is 0 Å². The van der Waals surface area contributed by atoms with Crippen molar-refractivity contribution in [3.05, 3.63) is 34.9 Å². The van der Waals surface area contributed by atoms with Crippen LogP contribution < -0.4 is 11.5 Å². The highest BCUT2D eigenvalue weighted by molar-refractivity contribution is 5.88. The number of carbonyl (C=O) groups is 1. The van der Waals surface area contributed by atoms with Gasteiger partial charge in [0.25, 0.3) is 0 Å². The Kier molecular flexibility index (Phi) is 3.00. The molecule has 1 aromatic carbocycles. The van der Waals surface area contributed by atoms with Crippen molar-refractivity contribution in [3.63, 3.8) is 0 Å². The molecular weight excluding hydrogens is 168 g/mol. The van der Waals surface area contributed by atoms with Crippen molar-refractivity contribution in [2.24, 2.45) is 11.5 Å². The lowest BCUT2D eigenvalue weighted by molar-refractivity contribution is 0.0696. The number of hydrogen-bond acceptors (Lipinski definition) is 3. The predicted molar refractivity (Wildman–Crippen MR) is 49.2 cm³/mol. The molecule has 0 saturated carbocycles. The van der Waals surface area contributed by atoms with E-state index in [1.54, 1.807) is 12.1 Å². The molecule has 0 radical (unpaired) electrons. The minimum absolute atomic E-state index is 0.239. The van der Waals surface area contributed by atoms with Gasteiger partial charge in [0.2, 0.25) is 0 Å². The third-order valence-corrected chi connectivity index (χ3v) is 1.77. The summed E-state index contributed by atoms with van der Waals surface area (Å²) in [5, 5.41) is 8.74. The molecule has 0 aliphatic carbocycles. The average molecular weight is 180 g/mol. The molecule has 0 amide bonds. The third kappa shape index (κ3) is 2.27.